The first kappa shape index (κ1) is 16.0. The Labute approximate surface area is 157 Å². The predicted octanol–water partition coefficient (Wildman–Crippen LogP) is 3.56. The lowest BCUT2D eigenvalue weighted by molar-refractivity contribution is 0.0660. The van der Waals surface area contributed by atoms with Crippen LogP contribution in [0.25, 0.3) is 21.3 Å². The van der Waals surface area contributed by atoms with Gasteiger partial charge in [-0.1, -0.05) is 24.3 Å². The van der Waals surface area contributed by atoms with Gasteiger partial charge in [0.05, 0.1) is 18.3 Å². The molecule has 3 heterocycles. The van der Waals surface area contributed by atoms with Gasteiger partial charge in [0, 0.05) is 10.4 Å². The van der Waals surface area contributed by atoms with Gasteiger partial charge in [-0.3, -0.25) is 9.36 Å². The molecule has 0 bridgehead atoms. The summed E-state index contributed by atoms with van der Waals surface area (Å²) in [6.07, 6.45) is 3.38. The number of benzene rings is 1. The molecule has 1 N–H and O–H groups in total. The van der Waals surface area contributed by atoms with Crippen molar-refractivity contribution in [1.29, 1.82) is 0 Å². The maximum Gasteiger partial charge on any atom is 0.371 e. The highest BCUT2D eigenvalue weighted by Crippen LogP contribution is 2.41. The summed E-state index contributed by atoms with van der Waals surface area (Å²) in [7, 11) is 0. The molecule has 134 valence electrons. The van der Waals surface area contributed by atoms with Crippen molar-refractivity contribution in [3.63, 3.8) is 0 Å². The number of carboxylic acids is 1. The highest BCUT2D eigenvalue weighted by Gasteiger charge is 2.24. The molecular formula is C20H14N2O4S. The number of aromatic carboxylic acids is 1. The predicted molar refractivity (Wildman–Crippen MR) is 101 cm³/mol. The minimum absolute atomic E-state index is 0.137. The van der Waals surface area contributed by atoms with E-state index in [2.05, 4.69) is 17.1 Å². The number of carbonyl (C=O) groups is 1. The van der Waals surface area contributed by atoms with E-state index >= 15 is 0 Å². The lowest BCUT2D eigenvalue weighted by Crippen LogP contribution is -2.21. The summed E-state index contributed by atoms with van der Waals surface area (Å²) in [6, 6.07) is 11.1. The van der Waals surface area contributed by atoms with Crippen LogP contribution in [0.2, 0.25) is 0 Å². The molecule has 27 heavy (non-hydrogen) atoms. The number of furan rings is 1. The first-order valence-corrected chi connectivity index (χ1v) is 9.34. The first-order chi connectivity index (χ1) is 13.1. The second kappa shape index (κ2) is 5.92. The van der Waals surface area contributed by atoms with Crippen molar-refractivity contribution < 1.29 is 14.3 Å². The van der Waals surface area contributed by atoms with Gasteiger partial charge < -0.3 is 9.52 Å². The molecule has 0 aliphatic heterocycles. The molecule has 6 nitrogen and oxygen atoms in total. The van der Waals surface area contributed by atoms with Crippen LogP contribution in [0.1, 0.15) is 26.8 Å². The zero-order valence-electron chi connectivity index (χ0n) is 14.1. The molecular weight excluding hydrogens is 364 g/mol. The van der Waals surface area contributed by atoms with Gasteiger partial charge in [0.2, 0.25) is 5.76 Å². The van der Waals surface area contributed by atoms with E-state index in [0.29, 0.717) is 11.1 Å². The van der Waals surface area contributed by atoms with Gasteiger partial charge in [0.1, 0.15) is 10.6 Å². The Bertz CT molecular complexity index is 1260. The second-order valence-electron chi connectivity index (χ2n) is 6.49. The number of thiophene rings is 1. The Morgan fingerprint density at radius 2 is 2.07 bits per heavy atom. The average Bonchev–Trinajstić information content (AvgIpc) is 3.29. The fraction of sp³-hybridized carbons (Fsp3) is 0.150. The number of rotatable bonds is 3. The smallest absolute Gasteiger partial charge is 0.371 e. The molecule has 0 radical (unpaired) electrons. The van der Waals surface area contributed by atoms with E-state index in [4.69, 9.17) is 9.52 Å². The summed E-state index contributed by atoms with van der Waals surface area (Å²) in [5, 5.41) is 9.62. The molecule has 7 heteroatoms. The number of carboxylic acid groups (broad SMARTS) is 1. The van der Waals surface area contributed by atoms with Crippen molar-refractivity contribution >= 4 is 27.5 Å². The van der Waals surface area contributed by atoms with E-state index in [1.807, 2.05) is 12.1 Å². The minimum atomic E-state index is -1.13. The molecule has 5 rings (SSSR count). The largest absolute Gasteiger partial charge is 0.475 e. The van der Waals surface area contributed by atoms with Crippen LogP contribution in [0, 0.1) is 0 Å². The van der Waals surface area contributed by atoms with E-state index in [1.165, 1.54) is 27.4 Å². The third kappa shape index (κ3) is 2.50. The number of aryl methyl sites for hydroxylation is 2. The number of hydrogen-bond donors (Lipinski definition) is 1. The fourth-order valence-electron chi connectivity index (χ4n) is 3.62. The van der Waals surface area contributed by atoms with E-state index in [-0.39, 0.29) is 17.9 Å². The van der Waals surface area contributed by atoms with Gasteiger partial charge in [-0.2, -0.15) is 0 Å². The first-order valence-electron chi connectivity index (χ1n) is 8.53. The molecule has 1 aromatic carbocycles. The number of aromatic nitrogens is 2. The molecule has 0 unspecified atom stereocenters. The zero-order chi connectivity index (χ0) is 18.5. The maximum absolute atomic E-state index is 13.2. The summed E-state index contributed by atoms with van der Waals surface area (Å²) < 4.78 is 6.75. The SMILES string of the molecule is O=C(O)c1ccc(Cn2cnc3sc4c(c3c2=O)-c2ccccc2CC4)o1. The van der Waals surface area contributed by atoms with Crippen molar-refractivity contribution in [3.8, 4) is 11.1 Å². The Hall–Kier alpha value is -3.19. The monoisotopic (exact) mass is 378 g/mol. The van der Waals surface area contributed by atoms with Crippen LogP contribution in [0.3, 0.4) is 0 Å². The molecule has 0 amide bonds. The Balaban J connectivity index is 1.66. The summed E-state index contributed by atoms with van der Waals surface area (Å²) in [4.78, 5) is 30.6. The molecule has 4 aromatic rings. The van der Waals surface area contributed by atoms with Crippen molar-refractivity contribution in [2.24, 2.45) is 0 Å². The average molecular weight is 378 g/mol. The number of fused-ring (bicyclic) bond motifs is 5. The van der Waals surface area contributed by atoms with Gasteiger partial charge in [0.25, 0.3) is 5.56 Å². The van der Waals surface area contributed by atoms with Crippen LogP contribution in [0.5, 0.6) is 0 Å². The van der Waals surface area contributed by atoms with Gasteiger partial charge in [-0.15, -0.1) is 11.3 Å². The third-order valence-corrected chi connectivity index (χ3v) is 6.02. The maximum atomic E-state index is 13.2. The van der Waals surface area contributed by atoms with Gasteiger partial charge in [-0.25, -0.2) is 9.78 Å². The highest BCUT2D eigenvalue weighted by atomic mass is 32.1. The van der Waals surface area contributed by atoms with E-state index in [1.54, 1.807) is 17.4 Å². The van der Waals surface area contributed by atoms with Gasteiger partial charge >= 0.3 is 5.97 Å². The second-order valence-corrected chi connectivity index (χ2v) is 7.57. The van der Waals surface area contributed by atoms with Crippen molar-refractivity contribution in [2.45, 2.75) is 19.4 Å². The van der Waals surface area contributed by atoms with Crippen molar-refractivity contribution in [3.05, 3.63) is 75.0 Å². The number of hydrogen-bond acceptors (Lipinski definition) is 5. The standard InChI is InChI=1S/C20H14N2O4S/c23-19-17-16-13-4-2-1-3-11(13)5-8-15(16)27-18(17)21-10-22(19)9-12-6-7-14(26-12)20(24)25/h1-4,6-7,10H,5,8-9H2,(H,24,25). The topological polar surface area (TPSA) is 85.3 Å². The van der Waals surface area contributed by atoms with Crippen LogP contribution in [-0.4, -0.2) is 20.6 Å². The van der Waals surface area contributed by atoms with Crippen molar-refractivity contribution in [2.75, 3.05) is 0 Å². The molecule has 3 aromatic heterocycles. The van der Waals surface area contributed by atoms with Crippen LogP contribution >= 0.6 is 11.3 Å². The Morgan fingerprint density at radius 1 is 1.22 bits per heavy atom. The van der Waals surface area contributed by atoms with Crippen LogP contribution in [0.15, 0.2) is 51.9 Å². The quantitative estimate of drug-likeness (QED) is 0.589. The minimum Gasteiger partial charge on any atom is -0.475 e. The lowest BCUT2D eigenvalue weighted by atomic mass is 9.89. The molecule has 1 aliphatic rings. The normalized spacial score (nSPS) is 12.7. The molecule has 0 fully saturated rings. The van der Waals surface area contributed by atoms with Gasteiger partial charge in [0.15, 0.2) is 0 Å². The Kier molecular flexibility index (Phi) is 3.51. The molecule has 0 atom stereocenters. The summed E-state index contributed by atoms with van der Waals surface area (Å²) in [6.45, 7) is 0.140. The molecule has 0 saturated heterocycles. The third-order valence-electron chi connectivity index (χ3n) is 4.86. The highest BCUT2D eigenvalue weighted by molar-refractivity contribution is 7.19. The van der Waals surface area contributed by atoms with E-state index < -0.39 is 5.97 Å². The molecule has 0 spiro atoms. The Morgan fingerprint density at radius 3 is 2.89 bits per heavy atom. The van der Waals surface area contributed by atoms with Crippen LogP contribution in [-0.2, 0) is 19.4 Å². The van der Waals surface area contributed by atoms with E-state index in [0.717, 1.165) is 28.8 Å². The summed E-state index contributed by atoms with van der Waals surface area (Å²) >= 11 is 1.57. The van der Waals surface area contributed by atoms with E-state index in [9.17, 15) is 9.59 Å². The summed E-state index contributed by atoms with van der Waals surface area (Å²) in [5.41, 5.74) is 3.21. The lowest BCUT2D eigenvalue weighted by Gasteiger charge is -2.16. The molecule has 1 aliphatic carbocycles. The van der Waals surface area contributed by atoms with Crippen LogP contribution < -0.4 is 5.56 Å². The fourth-order valence-corrected chi connectivity index (χ4v) is 4.77. The molecule has 0 saturated carbocycles. The van der Waals surface area contributed by atoms with Crippen LogP contribution in [0.4, 0.5) is 0 Å². The van der Waals surface area contributed by atoms with Crippen molar-refractivity contribution in [1.82, 2.24) is 9.55 Å². The van der Waals surface area contributed by atoms with Gasteiger partial charge in [-0.05, 0) is 36.1 Å². The summed E-state index contributed by atoms with van der Waals surface area (Å²) in [5.74, 6) is -0.875. The number of nitrogens with zero attached hydrogens (tertiary/aromatic N) is 2. The zero-order valence-corrected chi connectivity index (χ0v) is 15.0.